The minimum atomic E-state index is -0.774. The molecule has 0 saturated carbocycles. The molecule has 2 N–H and O–H groups in total. The second-order valence-electron chi connectivity index (χ2n) is 7.25. The molecule has 1 aliphatic heterocycles. The van der Waals surface area contributed by atoms with Crippen LogP contribution in [0.4, 0.5) is 0 Å². The summed E-state index contributed by atoms with van der Waals surface area (Å²) in [4.78, 5) is 11.9. The minimum absolute atomic E-state index is 0.113. The molecule has 2 aliphatic rings. The summed E-state index contributed by atoms with van der Waals surface area (Å²) in [6.45, 7) is 9.76. The molecule has 5 nitrogen and oxygen atoms in total. The van der Waals surface area contributed by atoms with E-state index in [1.165, 1.54) is 0 Å². The van der Waals surface area contributed by atoms with Crippen LogP contribution < -0.4 is 10.9 Å². The molecule has 5 heteroatoms. The fraction of sp³-hybridized carbons (Fsp3) is 0.812. The van der Waals surface area contributed by atoms with Crippen LogP contribution in [0.5, 0.6) is 0 Å². The monoisotopic (exact) mass is 296 g/mol. The van der Waals surface area contributed by atoms with Gasteiger partial charge in [-0.05, 0) is 37.5 Å². The number of hydrogen-bond acceptors (Lipinski definition) is 4. The van der Waals surface area contributed by atoms with E-state index in [1.54, 1.807) is 6.92 Å². The van der Waals surface area contributed by atoms with Crippen LogP contribution in [0, 0.1) is 11.3 Å². The topological polar surface area (TPSA) is 59.6 Å². The van der Waals surface area contributed by atoms with Gasteiger partial charge >= 0.3 is 0 Å². The minimum Gasteiger partial charge on any atom is -0.347 e. The van der Waals surface area contributed by atoms with E-state index in [2.05, 4.69) is 37.7 Å². The summed E-state index contributed by atoms with van der Waals surface area (Å²) in [5.41, 5.74) is 7.22. The Hall–Kier alpha value is -1.07. The standard InChI is InChI=1S/C16H28N2O3/c1-15(2,3)12-5-7-13(8-6-12)17-18-14(19)11-16(4)20-9-10-21-16/h7,12,17H,5-6,8-11H2,1-4H3,(H,18,19). The van der Waals surface area contributed by atoms with Crippen LogP contribution in [0.3, 0.4) is 0 Å². The van der Waals surface area contributed by atoms with Crippen molar-refractivity contribution in [3.05, 3.63) is 11.8 Å². The SMILES string of the molecule is CC1(CC(=O)NNC2=CCC(C(C)(C)C)CC2)OCCO1. The maximum absolute atomic E-state index is 11.9. The Labute approximate surface area is 127 Å². The molecule has 1 aliphatic carbocycles. The average Bonchev–Trinajstić information content (AvgIpc) is 2.82. The number of amides is 1. The summed E-state index contributed by atoms with van der Waals surface area (Å²) >= 11 is 0. The second-order valence-corrected chi connectivity index (χ2v) is 7.25. The number of allylic oxidation sites excluding steroid dienone is 2. The summed E-state index contributed by atoms with van der Waals surface area (Å²) in [6, 6.07) is 0. The van der Waals surface area contributed by atoms with Crippen LogP contribution in [0.1, 0.15) is 53.4 Å². The van der Waals surface area contributed by atoms with Gasteiger partial charge in [0.05, 0.1) is 19.6 Å². The van der Waals surface area contributed by atoms with Gasteiger partial charge in [0.25, 0.3) is 0 Å². The highest BCUT2D eigenvalue weighted by Crippen LogP contribution is 2.36. The van der Waals surface area contributed by atoms with E-state index >= 15 is 0 Å². The van der Waals surface area contributed by atoms with Gasteiger partial charge in [-0.15, -0.1) is 0 Å². The Balaban J connectivity index is 1.74. The van der Waals surface area contributed by atoms with Crippen molar-refractivity contribution in [1.29, 1.82) is 0 Å². The molecule has 1 unspecified atom stereocenters. The molecule has 0 radical (unpaired) electrons. The molecule has 1 atom stereocenters. The van der Waals surface area contributed by atoms with E-state index < -0.39 is 5.79 Å². The lowest BCUT2D eigenvalue weighted by molar-refractivity contribution is -0.160. The van der Waals surface area contributed by atoms with Crippen LogP contribution in [0.2, 0.25) is 0 Å². The summed E-state index contributed by atoms with van der Waals surface area (Å²) in [5.74, 6) is -0.180. The smallest absolute Gasteiger partial charge is 0.243 e. The molecular weight excluding hydrogens is 268 g/mol. The highest BCUT2D eigenvalue weighted by molar-refractivity contribution is 5.76. The van der Waals surface area contributed by atoms with Crippen LogP contribution in [0.25, 0.3) is 0 Å². The largest absolute Gasteiger partial charge is 0.347 e. The van der Waals surface area contributed by atoms with Crippen molar-refractivity contribution in [3.8, 4) is 0 Å². The number of ether oxygens (including phenoxy) is 2. The maximum Gasteiger partial charge on any atom is 0.243 e. The predicted octanol–water partition coefficient (Wildman–Crippen LogP) is 2.49. The first-order valence-electron chi connectivity index (χ1n) is 7.80. The molecule has 0 aromatic carbocycles. The molecule has 21 heavy (non-hydrogen) atoms. The predicted molar refractivity (Wildman–Crippen MR) is 81.1 cm³/mol. The number of carbonyl (C=O) groups is 1. The molecule has 1 saturated heterocycles. The number of hydrogen-bond donors (Lipinski definition) is 2. The van der Waals surface area contributed by atoms with Gasteiger partial charge < -0.3 is 14.9 Å². The molecule has 0 aromatic rings. The number of carbonyl (C=O) groups excluding carboxylic acids is 1. The first kappa shape index (κ1) is 16.3. The summed E-state index contributed by atoms with van der Waals surface area (Å²) in [6.07, 6.45) is 5.60. The van der Waals surface area contributed by atoms with Gasteiger partial charge in [-0.1, -0.05) is 26.8 Å². The number of rotatable bonds is 4. The van der Waals surface area contributed by atoms with Gasteiger partial charge in [-0.25, -0.2) is 0 Å². The highest BCUT2D eigenvalue weighted by atomic mass is 16.7. The second kappa shape index (κ2) is 6.36. The van der Waals surface area contributed by atoms with Gasteiger partial charge in [0.15, 0.2) is 5.79 Å². The molecule has 2 rings (SSSR count). The maximum atomic E-state index is 11.9. The highest BCUT2D eigenvalue weighted by Gasteiger charge is 2.33. The van der Waals surface area contributed by atoms with E-state index in [4.69, 9.17) is 9.47 Å². The molecular formula is C16H28N2O3. The van der Waals surface area contributed by atoms with Crippen molar-refractivity contribution in [2.24, 2.45) is 11.3 Å². The van der Waals surface area contributed by atoms with Crippen molar-refractivity contribution in [2.45, 2.75) is 59.2 Å². The van der Waals surface area contributed by atoms with Crippen LogP contribution in [-0.4, -0.2) is 24.9 Å². The van der Waals surface area contributed by atoms with Crippen molar-refractivity contribution >= 4 is 5.91 Å². The van der Waals surface area contributed by atoms with Gasteiger partial charge in [-0.3, -0.25) is 10.2 Å². The summed E-state index contributed by atoms with van der Waals surface area (Å²) < 4.78 is 10.9. The van der Waals surface area contributed by atoms with E-state index in [1.807, 2.05) is 0 Å². The molecule has 1 fully saturated rings. The number of nitrogens with one attached hydrogen (secondary N) is 2. The lowest BCUT2D eigenvalue weighted by Crippen LogP contribution is -2.42. The first-order chi connectivity index (χ1) is 9.78. The lowest BCUT2D eigenvalue weighted by atomic mass is 9.74. The quantitative estimate of drug-likeness (QED) is 0.783. The number of hydrazine groups is 1. The lowest BCUT2D eigenvalue weighted by Gasteiger charge is -2.33. The van der Waals surface area contributed by atoms with Gasteiger partial charge in [0, 0.05) is 5.70 Å². The van der Waals surface area contributed by atoms with Crippen LogP contribution in [0.15, 0.2) is 11.8 Å². The van der Waals surface area contributed by atoms with E-state index in [9.17, 15) is 4.79 Å². The molecule has 120 valence electrons. The summed E-state index contributed by atoms with van der Waals surface area (Å²) in [7, 11) is 0. The van der Waals surface area contributed by atoms with Crippen molar-refractivity contribution in [1.82, 2.24) is 10.9 Å². The zero-order chi connectivity index (χ0) is 15.5. The van der Waals surface area contributed by atoms with Crippen molar-refractivity contribution in [3.63, 3.8) is 0 Å². The Morgan fingerprint density at radius 1 is 1.38 bits per heavy atom. The molecule has 0 spiro atoms. The van der Waals surface area contributed by atoms with Crippen molar-refractivity contribution in [2.75, 3.05) is 13.2 Å². The fourth-order valence-electron chi connectivity index (χ4n) is 2.88. The molecule has 0 bridgehead atoms. The zero-order valence-corrected chi connectivity index (χ0v) is 13.6. The third-order valence-electron chi connectivity index (χ3n) is 4.38. The third-order valence-corrected chi connectivity index (χ3v) is 4.38. The van der Waals surface area contributed by atoms with Crippen LogP contribution in [-0.2, 0) is 14.3 Å². The van der Waals surface area contributed by atoms with E-state index in [0.29, 0.717) is 24.5 Å². The molecule has 1 amide bonds. The third kappa shape index (κ3) is 4.71. The Kier molecular flexibility index (Phi) is 4.94. The zero-order valence-electron chi connectivity index (χ0n) is 13.6. The Morgan fingerprint density at radius 2 is 2.05 bits per heavy atom. The normalized spacial score (nSPS) is 25.3. The Bertz CT molecular complexity index is 406. The molecule has 1 heterocycles. The first-order valence-corrected chi connectivity index (χ1v) is 7.80. The Morgan fingerprint density at radius 3 is 2.57 bits per heavy atom. The van der Waals surface area contributed by atoms with Gasteiger partial charge in [-0.2, -0.15) is 0 Å². The molecule has 0 aromatic heterocycles. The van der Waals surface area contributed by atoms with Crippen LogP contribution >= 0.6 is 0 Å². The fourth-order valence-corrected chi connectivity index (χ4v) is 2.88. The van der Waals surface area contributed by atoms with Gasteiger partial charge in [0.1, 0.15) is 0 Å². The summed E-state index contributed by atoms with van der Waals surface area (Å²) in [5, 5.41) is 0. The van der Waals surface area contributed by atoms with Gasteiger partial charge in [0.2, 0.25) is 5.91 Å². The average molecular weight is 296 g/mol. The van der Waals surface area contributed by atoms with E-state index in [-0.39, 0.29) is 12.3 Å². The van der Waals surface area contributed by atoms with E-state index in [0.717, 1.165) is 25.0 Å². The van der Waals surface area contributed by atoms with Crippen molar-refractivity contribution < 1.29 is 14.3 Å².